The van der Waals surface area contributed by atoms with Crippen molar-refractivity contribution in [3.05, 3.63) is 0 Å². The fraction of sp³-hybridized carbons (Fsp3) is 1.00. The Balaban J connectivity index is 2.39. The van der Waals surface area contributed by atoms with Gasteiger partial charge in [-0.25, -0.2) is 13.1 Å². The fourth-order valence-corrected chi connectivity index (χ4v) is 2.36. The minimum atomic E-state index is -3.22. The van der Waals surface area contributed by atoms with Gasteiger partial charge >= 0.3 is 0 Å². The molecule has 0 bridgehead atoms. The van der Waals surface area contributed by atoms with Crippen LogP contribution in [0.1, 0.15) is 26.2 Å². The molecule has 0 spiro atoms. The van der Waals surface area contributed by atoms with Crippen LogP contribution in [0.25, 0.3) is 0 Å². The second-order valence-corrected chi connectivity index (χ2v) is 5.66. The lowest BCUT2D eigenvalue weighted by Crippen LogP contribution is -2.40. The molecule has 72 valence electrons. The van der Waals surface area contributed by atoms with Crippen LogP contribution in [0, 0.1) is 5.92 Å². The molecule has 1 saturated carbocycles. The summed E-state index contributed by atoms with van der Waals surface area (Å²) in [5.41, 5.74) is 0. The van der Waals surface area contributed by atoms with E-state index >= 15 is 0 Å². The van der Waals surface area contributed by atoms with Gasteiger partial charge in [-0.05, 0) is 25.7 Å². The Labute approximate surface area is 78.5 Å². The first-order chi connectivity index (χ1) is 5.55. The van der Waals surface area contributed by atoms with Crippen LogP contribution in [-0.2, 0) is 10.0 Å². The van der Waals surface area contributed by atoms with Crippen molar-refractivity contribution >= 4 is 21.6 Å². The summed E-state index contributed by atoms with van der Waals surface area (Å²) in [6.45, 7) is 1.90. The fourth-order valence-electron chi connectivity index (χ4n) is 1.35. The highest BCUT2D eigenvalue weighted by Gasteiger charge is 2.26. The highest BCUT2D eigenvalue weighted by atomic mass is 35.5. The summed E-state index contributed by atoms with van der Waals surface area (Å²) in [7, 11) is -3.22. The van der Waals surface area contributed by atoms with E-state index in [0.29, 0.717) is 5.92 Å². The molecule has 0 aromatic carbocycles. The molecule has 0 amide bonds. The molecular formula is C7H14ClNO2S. The summed E-state index contributed by atoms with van der Waals surface area (Å²) in [6, 6.07) is 0.0440. The second-order valence-electron chi connectivity index (χ2n) is 3.32. The van der Waals surface area contributed by atoms with E-state index in [2.05, 4.69) is 4.72 Å². The molecule has 3 nitrogen and oxygen atoms in total. The van der Waals surface area contributed by atoms with Crippen molar-refractivity contribution in [1.29, 1.82) is 0 Å². The predicted molar refractivity (Wildman–Crippen MR) is 49.6 cm³/mol. The molecule has 12 heavy (non-hydrogen) atoms. The van der Waals surface area contributed by atoms with Gasteiger partial charge in [-0.15, -0.1) is 11.6 Å². The Morgan fingerprint density at radius 1 is 1.58 bits per heavy atom. The van der Waals surface area contributed by atoms with Gasteiger partial charge in [0.1, 0.15) is 5.21 Å². The average Bonchev–Trinajstić information content (AvgIpc) is 1.82. The minimum absolute atomic E-state index is 0.0440. The monoisotopic (exact) mass is 211 g/mol. The molecule has 0 radical (unpaired) electrons. The molecule has 0 heterocycles. The second kappa shape index (κ2) is 3.94. The SMILES string of the molecule is CC(NS(=O)(=O)CCl)C1CCC1. The number of nitrogens with one attached hydrogen (secondary N) is 1. The first kappa shape index (κ1) is 10.3. The zero-order valence-corrected chi connectivity index (χ0v) is 8.66. The van der Waals surface area contributed by atoms with Gasteiger partial charge < -0.3 is 0 Å². The number of rotatable bonds is 4. The number of hydrogen-bond donors (Lipinski definition) is 1. The Morgan fingerprint density at radius 2 is 2.17 bits per heavy atom. The summed E-state index contributed by atoms with van der Waals surface area (Å²) in [5, 5.41) is -0.343. The number of hydrogen-bond acceptors (Lipinski definition) is 2. The van der Waals surface area contributed by atoms with E-state index in [4.69, 9.17) is 11.6 Å². The smallest absolute Gasteiger partial charge is 0.211 e. The molecule has 1 aliphatic carbocycles. The van der Waals surface area contributed by atoms with Crippen LogP contribution < -0.4 is 4.72 Å². The zero-order chi connectivity index (χ0) is 9.19. The maximum atomic E-state index is 11.0. The largest absolute Gasteiger partial charge is 0.225 e. The third kappa shape index (κ3) is 2.61. The summed E-state index contributed by atoms with van der Waals surface area (Å²) < 4.78 is 24.6. The van der Waals surface area contributed by atoms with Crippen molar-refractivity contribution in [2.24, 2.45) is 5.92 Å². The Bertz CT molecular complexity index is 236. The topological polar surface area (TPSA) is 46.2 Å². The Kier molecular flexibility index (Phi) is 3.37. The van der Waals surface area contributed by atoms with Gasteiger partial charge in [0.05, 0.1) is 0 Å². The average molecular weight is 212 g/mol. The molecule has 1 aliphatic rings. The van der Waals surface area contributed by atoms with E-state index in [1.807, 2.05) is 6.92 Å². The van der Waals surface area contributed by atoms with Gasteiger partial charge in [-0.3, -0.25) is 0 Å². The van der Waals surface area contributed by atoms with E-state index in [1.54, 1.807) is 0 Å². The molecule has 1 rings (SSSR count). The molecule has 5 heteroatoms. The van der Waals surface area contributed by atoms with Gasteiger partial charge in [0, 0.05) is 6.04 Å². The van der Waals surface area contributed by atoms with Crippen LogP contribution >= 0.6 is 11.6 Å². The highest BCUT2D eigenvalue weighted by Crippen LogP contribution is 2.29. The predicted octanol–water partition coefficient (Wildman–Crippen LogP) is 1.29. The standard InChI is InChI=1S/C7H14ClNO2S/c1-6(7-3-2-4-7)9-12(10,11)5-8/h6-7,9H,2-5H2,1H3. The summed E-state index contributed by atoms with van der Waals surface area (Å²) in [5.74, 6) is 0.517. The maximum absolute atomic E-state index is 11.0. The third-order valence-electron chi connectivity index (χ3n) is 2.37. The van der Waals surface area contributed by atoms with Crippen molar-refractivity contribution in [1.82, 2.24) is 4.72 Å². The van der Waals surface area contributed by atoms with Gasteiger partial charge in [0.2, 0.25) is 10.0 Å². The zero-order valence-electron chi connectivity index (χ0n) is 7.09. The summed E-state index contributed by atoms with van der Waals surface area (Å²) >= 11 is 5.25. The van der Waals surface area contributed by atoms with E-state index in [1.165, 1.54) is 6.42 Å². The quantitative estimate of drug-likeness (QED) is 0.713. The minimum Gasteiger partial charge on any atom is -0.211 e. The third-order valence-corrected chi connectivity index (χ3v) is 4.25. The van der Waals surface area contributed by atoms with Crippen LogP contribution in [0.4, 0.5) is 0 Å². The lowest BCUT2D eigenvalue weighted by molar-refractivity contribution is 0.260. The van der Waals surface area contributed by atoms with Gasteiger partial charge in [0.25, 0.3) is 0 Å². The van der Waals surface area contributed by atoms with E-state index in [9.17, 15) is 8.42 Å². The van der Waals surface area contributed by atoms with Gasteiger partial charge in [0.15, 0.2) is 0 Å². The van der Waals surface area contributed by atoms with Crippen molar-refractivity contribution < 1.29 is 8.42 Å². The van der Waals surface area contributed by atoms with E-state index in [0.717, 1.165) is 12.8 Å². The summed E-state index contributed by atoms with van der Waals surface area (Å²) in [4.78, 5) is 0. The van der Waals surface area contributed by atoms with Gasteiger partial charge in [-0.1, -0.05) is 6.42 Å². The molecule has 0 aromatic rings. The first-order valence-corrected chi connectivity index (χ1v) is 6.30. The van der Waals surface area contributed by atoms with Crippen LogP contribution in [-0.4, -0.2) is 19.7 Å². The molecular weight excluding hydrogens is 198 g/mol. The molecule has 0 aromatic heterocycles. The van der Waals surface area contributed by atoms with Gasteiger partial charge in [-0.2, -0.15) is 0 Å². The highest BCUT2D eigenvalue weighted by molar-refractivity contribution is 7.90. The van der Waals surface area contributed by atoms with E-state index < -0.39 is 10.0 Å². The summed E-state index contributed by atoms with van der Waals surface area (Å²) in [6.07, 6.45) is 3.48. The van der Waals surface area contributed by atoms with Crippen LogP contribution in [0.3, 0.4) is 0 Å². The Morgan fingerprint density at radius 3 is 2.50 bits per heavy atom. The molecule has 0 aliphatic heterocycles. The number of sulfonamides is 1. The number of alkyl halides is 1. The first-order valence-electron chi connectivity index (χ1n) is 4.11. The van der Waals surface area contributed by atoms with E-state index in [-0.39, 0.29) is 11.3 Å². The van der Waals surface area contributed by atoms with Crippen molar-refractivity contribution in [2.45, 2.75) is 32.2 Å². The molecule has 1 fully saturated rings. The van der Waals surface area contributed by atoms with Crippen molar-refractivity contribution in [2.75, 3.05) is 5.21 Å². The molecule has 1 unspecified atom stereocenters. The molecule has 0 saturated heterocycles. The van der Waals surface area contributed by atoms with Crippen molar-refractivity contribution in [3.63, 3.8) is 0 Å². The lowest BCUT2D eigenvalue weighted by atomic mass is 9.81. The lowest BCUT2D eigenvalue weighted by Gasteiger charge is -2.31. The maximum Gasteiger partial charge on any atom is 0.225 e. The van der Waals surface area contributed by atoms with Crippen LogP contribution in [0.15, 0.2) is 0 Å². The van der Waals surface area contributed by atoms with Crippen LogP contribution in [0.5, 0.6) is 0 Å². The Hall–Kier alpha value is 0.200. The molecule has 1 N–H and O–H groups in total. The molecule has 1 atom stereocenters. The van der Waals surface area contributed by atoms with Crippen LogP contribution in [0.2, 0.25) is 0 Å². The van der Waals surface area contributed by atoms with Crippen molar-refractivity contribution in [3.8, 4) is 0 Å². The normalized spacial score (nSPS) is 21.8. The number of halogens is 1.